The van der Waals surface area contributed by atoms with Gasteiger partial charge in [-0.1, -0.05) is 32.8 Å². The van der Waals surface area contributed by atoms with Crippen LogP contribution in [0.25, 0.3) is 0 Å². The van der Waals surface area contributed by atoms with E-state index in [1.165, 1.54) is 0 Å². The lowest BCUT2D eigenvalue weighted by Gasteiger charge is -2.29. The zero-order valence-corrected chi connectivity index (χ0v) is 22.1. The number of aliphatic carboxylic acids is 1. The predicted molar refractivity (Wildman–Crippen MR) is 138 cm³/mol. The topological polar surface area (TPSA) is 105 Å². The molecule has 37 heavy (non-hydrogen) atoms. The van der Waals surface area contributed by atoms with Crippen molar-refractivity contribution < 1.29 is 28.6 Å². The number of aryl methyl sites for hydroxylation is 2. The Morgan fingerprint density at radius 2 is 1.86 bits per heavy atom. The maximum Gasteiger partial charge on any atom is 0.308 e. The van der Waals surface area contributed by atoms with Crippen LogP contribution in [0.2, 0.25) is 0 Å². The highest BCUT2D eigenvalue weighted by molar-refractivity contribution is 5.79. The summed E-state index contributed by atoms with van der Waals surface area (Å²) in [7, 11) is 0. The fraction of sp³-hybridized carbons (Fsp3) is 0.607. The van der Waals surface area contributed by atoms with Crippen molar-refractivity contribution in [3.8, 4) is 11.5 Å². The minimum absolute atomic E-state index is 0.0642. The molecule has 2 aliphatic rings. The van der Waals surface area contributed by atoms with Crippen LogP contribution in [0.4, 0.5) is 0 Å². The van der Waals surface area contributed by atoms with Crippen LogP contribution in [0.3, 0.4) is 0 Å². The van der Waals surface area contributed by atoms with Crippen LogP contribution in [-0.2, 0) is 16.0 Å². The first-order valence-corrected chi connectivity index (χ1v) is 13.5. The van der Waals surface area contributed by atoms with Crippen molar-refractivity contribution >= 4 is 11.9 Å². The summed E-state index contributed by atoms with van der Waals surface area (Å²) in [5, 5.41) is 10.4. The number of unbranched alkanes of at least 4 members (excludes halogenated alkanes) is 2. The first kappa shape index (κ1) is 27.0. The van der Waals surface area contributed by atoms with E-state index < -0.39 is 11.9 Å². The van der Waals surface area contributed by atoms with Crippen molar-refractivity contribution in [1.82, 2.24) is 14.8 Å². The summed E-state index contributed by atoms with van der Waals surface area (Å²) < 4.78 is 16.7. The number of oxazole rings is 1. The lowest BCUT2D eigenvalue weighted by molar-refractivity contribution is -0.143. The summed E-state index contributed by atoms with van der Waals surface area (Å²) in [5.41, 5.74) is 0.886. The summed E-state index contributed by atoms with van der Waals surface area (Å²) in [4.78, 5) is 34.5. The smallest absolute Gasteiger partial charge is 0.308 e. The van der Waals surface area contributed by atoms with Gasteiger partial charge in [-0.25, -0.2) is 4.98 Å². The molecule has 1 aromatic carbocycles. The van der Waals surface area contributed by atoms with Crippen LogP contribution in [0.5, 0.6) is 11.5 Å². The normalized spacial score (nSPS) is 20.9. The van der Waals surface area contributed by atoms with E-state index in [9.17, 15) is 14.7 Å². The molecule has 3 atom stereocenters. The number of likely N-dealkylation sites (tertiary alicyclic amines) is 1. The van der Waals surface area contributed by atoms with E-state index in [0.717, 1.165) is 50.1 Å². The quantitative estimate of drug-likeness (QED) is 0.424. The Hall–Kier alpha value is -3.07. The number of carbonyl (C=O) groups is 2. The van der Waals surface area contributed by atoms with Crippen LogP contribution in [0.1, 0.15) is 69.1 Å². The first-order valence-electron chi connectivity index (χ1n) is 13.5. The van der Waals surface area contributed by atoms with Gasteiger partial charge in [-0.2, -0.15) is 0 Å². The number of aromatic nitrogens is 1. The van der Waals surface area contributed by atoms with E-state index in [-0.39, 0.29) is 31.2 Å². The molecular weight excluding hydrogens is 474 g/mol. The third kappa shape index (κ3) is 6.44. The number of carboxylic acids is 1. The maximum atomic E-state index is 13.5. The summed E-state index contributed by atoms with van der Waals surface area (Å²) in [6.45, 7) is 8.40. The average Bonchev–Trinajstić information content (AvgIpc) is 3.60. The monoisotopic (exact) mass is 513 g/mol. The third-order valence-corrected chi connectivity index (χ3v) is 7.44. The number of rotatable bonds is 13. The van der Waals surface area contributed by atoms with Gasteiger partial charge in [0.05, 0.1) is 18.7 Å². The van der Waals surface area contributed by atoms with Crippen molar-refractivity contribution in [1.29, 1.82) is 0 Å². The third-order valence-electron chi connectivity index (χ3n) is 7.44. The van der Waals surface area contributed by atoms with Crippen molar-refractivity contribution in [3.05, 3.63) is 41.6 Å². The molecule has 1 saturated heterocycles. The number of hydrogen-bond donors (Lipinski definition) is 1. The van der Waals surface area contributed by atoms with Gasteiger partial charge in [0.1, 0.15) is 5.76 Å². The Morgan fingerprint density at radius 3 is 2.51 bits per heavy atom. The summed E-state index contributed by atoms with van der Waals surface area (Å²) >= 11 is 0. The minimum atomic E-state index is -0.861. The molecule has 3 heterocycles. The Balaban J connectivity index is 1.58. The Bertz CT molecular complexity index is 1060. The molecule has 1 aromatic heterocycles. The van der Waals surface area contributed by atoms with Crippen LogP contribution >= 0.6 is 0 Å². The van der Waals surface area contributed by atoms with Crippen LogP contribution in [-0.4, -0.2) is 70.8 Å². The first-order chi connectivity index (χ1) is 17.9. The van der Waals surface area contributed by atoms with Gasteiger partial charge in [-0.3, -0.25) is 14.5 Å². The molecule has 0 radical (unpaired) electrons. The van der Waals surface area contributed by atoms with Crippen LogP contribution in [0, 0.1) is 12.8 Å². The fourth-order valence-electron chi connectivity index (χ4n) is 5.46. The molecule has 9 heteroatoms. The van der Waals surface area contributed by atoms with Gasteiger partial charge in [0.2, 0.25) is 12.7 Å². The Kier molecular flexibility index (Phi) is 9.08. The highest BCUT2D eigenvalue weighted by Crippen LogP contribution is 2.43. The fourth-order valence-corrected chi connectivity index (χ4v) is 5.46. The van der Waals surface area contributed by atoms with Gasteiger partial charge in [0.15, 0.2) is 17.4 Å². The lowest BCUT2D eigenvalue weighted by Crippen LogP contribution is -2.44. The second kappa shape index (κ2) is 12.4. The van der Waals surface area contributed by atoms with Gasteiger partial charge in [-0.15, -0.1) is 0 Å². The molecule has 2 aliphatic heterocycles. The standard InChI is InChI=1S/C28H39N3O6/c1-4-6-12-30(13-7-5-2)26(32)17-31-16-21(20-8-10-23-24(14-20)36-18-35-23)27(28(33)34)22(31)9-11-25-29-15-19(3)37-25/h8,10,14-15,21-22,27H,4-7,9,11-13,16-18H2,1-3H3,(H,33,34)/t21?,22-,27+/m1/s1. The highest BCUT2D eigenvalue weighted by Gasteiger charge is 2.47. The number of benzene rings is 1. The van der Waals surface area contributed by atoms with Crippen LogP contribution < -0.4 is 9.47 Å². The van der Waals surface area contributed by atoms with E-state index in [4.69, 9.17) is 13.9 Å². The number of carboxylic acid groups (broad SMARTS) is 1. The molecule has 1 fully saturated rings. The molecular formula is C28H39N3O6. The van der Waals surface area contributed by atoms with Crippen molar-refractivity contribution in [2.24, 2.45) is 5.92 Å². The number of fused-ring (bicyclic) bond motifs is 1. The number of amides is 1. The van der Waals surface area contributed by atoms with E-state index in [1.54, 1.807) is 6.20 Å². The molecule has 9 nitrogen and oxygen atoms in total. The molecule has 1 N–H and O–H groups in total. The largest absolute Gasteiger partial charge is 0.481 e. The Morgan fingerprint density at radius 1 is 1.14 bits per heavy atom. The van der Waals surface area contributed by atoms with Crippen molar-refractivity contribution in [3.63, 3.8) is 0 Å². The SMILES string of the molecule is CCCCN(CCCC)C(=O)CN1CC(c2ccc3c(c2)OCO3)[C@H](C(=O)O)[C@H]1CCc1ncc(C)o1. The maximum absolute atomic E-state index is 13.5. The van der Waals surface area contributed by atoms with Crippen molar-refractivity contribution in [2.75, 3.05) is 33.0 Å². The number of carbonyl (C=O) groups excluding carboxylic acids is 1. The Labute approximate surface area is 218 Å². The molecule has 0 aliphatic carbocycles. The van der Waals surface area contributed by atoms with Gasteiger partial charge < -0.3 is 23.9 Å². The second-order valence-corrected chi connectivity index (χ2v) is 10.1. The molecule has 0 bridgehead atoms. The highest BCUT2D eigenvalue weighted by atomic mass is 16.7. The van der Waals surface area contributed by atoms with E-state index in [0.29, 0.717) is 36.8 Å². The van der Waals surface area contributed by atoms with Gasteiger partial charge in [0.25, 0.3) is 0 Å². The van der Waals surface area contributed by atoms with Crippen molar-refractivity contribution in [2.45, 2.75) is 71.3 Å². The zero-order chi connectivity index (χ0) is 26.4. The molecule has 2 aromatic rings. The van der Waals surface area contributed by atoms with E-state index >= 15 is 0 Å². The molecule has 1 amide bonds. The molecule has 0 saturated carbocycles. The average molecular weight is 514 g/mol. The summed E-state index contributed by atoms with van der Waals surface area (Å²) in [6.07, 6.45) is 6.68. The number of ether oxygens (including phenoxy) is 2. The summed E-state index contributed by atoms with van der Waals surface area (Å²) in [6, 6.07) is 5.32. The molecule has 4 rings (SSSR count). The molecule has 202 valence electrons. The molecule has 0 spiro atoms. The molecule has 1 unspecified atom stereocenters. The van der Waals surface area contributed by atoms with Gasteiger partial charge in [-0.05, 0) is 43.9 Å². The second-order valence-electron chi connectivity index (χ2n) is 10.1. The van der Waals surface area contributed by atoms with Gasteiger partial charge in [0, 0.05) is 38.0 Å². The number of hydrogen-bond acceptors (Lipinski definition) is 7. The van der Waals surface area contributed by atoms with E-state index in [2.05, 4.69) is 23.7 Å². The van der Waals surface area contributed by atoms with E-state index in [1.807, 2.05) is 30.0 Å². The zero-order valence-electron chi connectivity index (χ0n) is 22.1. The predicted octanol–water partition coefficient (Wildman–Crippen LogP) is 4.24. The summed E-state index contributed by atoms with van der Waals surface area (Å²) in [5.74, 6) is 0.859. The number of nitrogens with zero attached hydrogens (tertiary/aromatic N) is 3. The minimum Gasteiger partial charge on any atom is -0.481 e. The van der Waals surface area contributed by atoms with Gasteiger partial charge >= 0.3 is 5.97 Å². The van der Waals surface area contributed by atoms with Crippen LogP contribution in [0.15, 0.2) is 28.8 Å². The lowest BCUT2D eigenvalue weighted by atomic mass is 9.83.